The summed E-state index contributed by atoms with van der Waals surface area (Å²) in [5.74, 6) is -2.38. The van der Waals surface area contributed by atoms with Gasteiger partial charge in [-0.15, -0.1) is 11.3 Å². The number of anilines is 2. The highest BCUT2D eigenvalue weighted by molar-refractivity contribution is 7.16. The van der Waals surface area contributed by atoms with E-state index < -0.39 is 17.8 Å². The van der Waals surface area contributed by atoms with Gasteiger partial charge in [-0.1, -0.05) is 25.0 Å². The standard InChI is InChI=1S/C22H26N2O5S/c1-12-13(2)30-21(24-19(25)14-8-4-5-9-15(14)22(27)28)18(12)20(26)23-16-10-6-7-11-17(16)29-3/h6-7,10-11,14-15H,4-5,8-9H2,1-3H3,(H,23,26)(H,24,25)(H,27,28)/t14-,15+/m0/s1. The lowest BCUT2D eigenvalue weighted by Crippen LogP contribution is -2.36. The molecule has 2 aromatic rings. The Morgan fingerprint density at radius 3 is 2.40 bits per heavy atom. The Kier molecular flexibility index (Phi) is 6.77. The zero-order chi connectivity index (χ0) is 21.8. The van der Waals surface area contributed by atoms with Gasteiger partial charge in [-0.05, 0) is 44.4 Å². The highest BCUT2D eigenvalue weighted by atomic mass is 32.1. The maximum absolute atomic E-state index is 13.1. The Balaban J connectivity index is 1.85. The number of ether oxygens (including phenoxy) is 1. The number of methoxy groups -OCH3 is 1. The van der Waals surface area contributed by atoms with Crippen LogP contribution in [0.25, 0.3) is 0 Å². The van der Waals surface area contributed by atoms with Crippen molar-refractivity contribution in [1.82, 2.24) is 0 Å². The number of carboxylic acids is 1. The molecular weight excluding hydrogens is 404 g/mol. The zero-order valence-corrected chi connectivity index (χ0v) is 18.1. The molecule has 1 aliphatic carbocycles. The van der Waals surface area contributed by atoms with Crippen molar-refractivity contribution in [2.24, 2.45) is 11.8 Å². The Morgan fingerprint density at radius 1 is 1.07 bits per heavy atom. The molecule has 30 heavy (non-hydrogen) atoms. The monoisotopic (exact) mass is 430 g/mol. The van der Waals surface area contributed by atoms with Gasteiger partial charge in [0, 0.05) is 4.88 Å². The molecule has 3 N–H and O–H groups in total. The van der Waals surface area contributed by atoms with Crippen molar-refractivity contribution in [3.05, 3.63) is 40.3 Å². The summed E-state index contributed by atoms with van der Waals surface area (Å²) < 4.78 is 5.29. The number of carbonyl (C=O) groups excluding carboxylic acids is 2. The molecule has 0 radical (unpaired) electrons. The van der Waals surface area contributed by atoms with Crippen LogP contribution >= 0.6 is 11.3 Å². The van der Waals surface area contributed by atoms with Gasteiger partial charge in [0.25, 0.3) is 5.91 Å². The summed E-state index contributed by atoms with van der Waals surface area (Å²) in [7, 11) is 1.53. The van der Waals surface area contributed by atoms with Gasteiger partial charge < -0.3 is 20.5 Å². The number of benzene rings is 1. The Morgan fingerprint density at radius 2 is 1.73 bits per heavy atom. The zero-order valence-electron chi connectivity index (χ0n) is 17.3. The molecule has 1 aliphatic rings. The average Bonchev–Trinajstić information content (AvgIpc) is 3.01. The van der Waals surface area contributed by atoms with Crippen molar-refractivity contribution in [3.8, 4) is 5.75 Å². The number of rotatable bonds is 6. The van der Waals surface area contributed by atoms with Gasteiger partial charge in [-0.2, -0.15) is 0 Å². The van der Waals surface area contributed by atoms with Gasteiger partial charge in [-0.3, -0.25) is 14.4 Å². The molecular formula is C22H26N2O5S. The third kappa shape index (κ3) is 4.48. The van der Waals surface area contributed by atoms with Gasteiger partial charge in [0.05, 0.1) is 30.2 Å². The van der Waals surface area contributed by atoms with Crippen molar-refractivity contribution >= 4 is 39.8 Å². The number of aliphatic carboxylic acids is 1. The van der Waals surface area contributed by atoms with Crippen molar-refractivity contribution in [2.75, 3.05) is 17.7 Å². The summed E-state index contributed by atoms with van der Waals surface area (Å²) in [6, 6.07) is 7.09. The summed E-state index contributed by atoms with van der Waals surface area (Å²) in [5, 5.41) is 15.6. The molecule has 7 nitrogen and oxygen atoms in total. The normalized spacial score (nSPS) is 18.5. The smallest absolute Gasteiger partial charge is 0.307 e. The van der Waals surface area contributed by atoms with Gasteiger partial charge >= 0.3 is 5.97 Å². The molecule has 0 bridgehead atoms. The number of carbonyl (C=O) groups is 3. The fourth-order valence-corrected chi connectivity index (χ4v) is 4.93. The van der Waals surface area contributed by atoms with Crippen molar-refractivity contribution in [3.63, 3.8) is 0 Å². The summed E-state index contributed by atoms with van der Waals surface area (Å²) in [6.45, 7) is 3.72. The van der Waals surface area contributed by atoms with Crippen LogP contribution in [0.4, 0.5) is 10.7 Å². The van der Waals surface area contributed by atoms with E-state index in [9.17, 15) is 19.5 Å². The van der Waals surface area contributed by atoms with Crippen molar-refractivity contribution in [2.45, 2.75) is 39.5 Å². The average molecular weight is 431 g/mol. The summed E-state index contributed by atoms with van der Waals surface area (Å²) in [6.07, 6.45) is 2.67. The highest BCUT2D eigenvalue weighted by Crippen LogP contribution is 2.36. The number of hydrogen-bond acceptors (Lipinski definition) is 5. The topological polar surface area (TPSA) is 105 Å². The van der Waals surface area contributed by atoms with E-state index in [1.54, 1.807) is 18.2 Å². The van der Waals surface area contributed by atoms with Gasteiger partial charge in [-0.25, -0.2) is 0 Å². The minimum Gasteiger partial charge on any atom is -0.495 e. The van der Waals surface area contributed by atoms with Crippen LogP contribution in [-0.4, -0.2) is 30.0 Å². The van der Waals surface area contributed by atoms with Crippen molar-refractivity contribution in [1.29, 1.82) is 0 Å². The largest absolute Gasteiger partial charge is 0.495 e. The lowest BCUT2D eigenvalue weighted by Gasteiger charge is -2.27. The number of para-hydroxylation sites is 2. The van der Waals surface area contributed by atoms with Gasteiger partial charge in [0.15, 0.2) is 0 Å². The minimum absolute atomic E-state index is 0.338. The van der Waals surface area contributed by atoms with Gasteiger partial charge in [0.2, 0.25) is 5.91 Å². The van der Waals surface area contributed by atoms with Crippen LogP contribution in [0.5, 0.6) is 5.75 Å². The van der Waals surface area contributed by atoms with Gasteiger partial charge in [0.1, 0.15) is 10.8 Å². The molecule has 1 heterocycles. The van der Waals surface area contributed by atoms with Crippen LogP contribution in [0.1, 0.15) is 46.5 Å². The third-order valence-electron chi connectivity index (χ3n) is 5.62. The quantitative estimate of drug-likeness (QED) is 0.628. The lowest BCUT2D eigenvalue weighted by molar-refractivity contribution is -0.147. The third-order valence-corrected chi connectivity index (χ3v) is 6.75. The molecule has 8 heteroatoms. The second-order valence-electron chi connectivity index (χ2n) is 7.47. The molecule has 0 saturated heterocycles. The molecule has 0 unspecified atom stereocenters. The molecule has 2 amide bonds. The van der Waals surface area contributed by atoms with E-state index in [1.807, 2.05) is 19.9 Å². The first-order valence-corrected chi connectivity index (χ1v) is 10.7. The van der Waals surface area contributed by atoms with E-state index in [0.29, 0.717) is 34.8 Å². The predicted molar refractivity (Wildman–Crippen MR) is 116 cm³/mol. The minimum atomic E-state index is -0.942. The lowest BCUT2D eigenvalue weighted by atomic mass is 9.79. The van der Waals surface area contributed by atoms with E-state index in [0.717, 1.165) is 23.3 Å². The maximum Gasteiger partial charge on any atom is 0.307 e. The molecule has 0 spiro atoms. The first-order valence-electron chi connectivity index (χ1n) is 9.91. The highest BCUT2D eigenvalue weighted by Gasteiger charge is 2.36. The molecule has 0 aliphatic heterocycles. The van der Waals surface area contributed by atoms with E-state index in [-0.39, 0.29) is 11.8 Å². The Hall–Kier alpha value is -2.87. The van der Waals surface area contributed by atoms with E-state index >= 15 is 0 Å². The van der Waals surface area contributed by atoms with Crippen LogP contribution < -0.4 is 15.4 Å². The Bertz CT molecular complexity index is 968. The van der Waals surface area contributed by atoms with Crippen LogP contribution in [0.2, 0.25) is 0 Å². The number of amides is 2. The molecule has 3 rings (SSSR count). The van der Waals surface area contributed by atoms with Crippen LogP contribution in [0.3, 0.4) is 0 Å². The second-order valence-corrected chi connectivity index (χ2v) is 8.69. The predicted octanol–water partition coefficient (Wildman–Crippen LogP) is 4.46. The first-order chi connectivity index (χ1) is 14.3. The molecule has 2 atom stereocenters. The van der Waals surface area contributed by atoms with E-state index in [2.05, 4.69) is 10.6 Å². The number of carboxylic acid groups (broad SMARTS) is 1. The maximum atomic E-state index is 13.1. The SMILES string of the molecule is COc1ccccc1NC(=O)c1c(NC(=O)[C@H]2CCCC[C@H]2C(=O)O)sc(C)c1C. The van der Waals surface area contributed by atoms with E-state index in [4.69, 9.17) is 4.74 Å². The molecule has 160 valence electrons. The summed E-state index contributed by atoms with van der Waals surface area (Å²) >= 11 is 1.32. The number of hydrogen-bond donors (Lipinski definition) is 3. The van der Waals surface area contributed by atoms with E-state index in [1.165, 1.54) is 18.4 Å². The van der Waals surface area contributed by atoms with Crippen LogP contribution in [0.15, 0.2) is 24.3 Å². The fourth-order valence-electron chi connectivity index (χ4n) is 3.87. The summed E-state index contributed by atoms with van der Waals surface area (Å²) in [5.41, 5.74) is 1.70. The molecule has 1 saturated carbocycles. The summed E-state index contributed by atoms with van der Waals surface area (Å²) in [4.78, 5) is 38.5. The Labute approximate surface area is 179 Å². The molecule has 1 aromatic heterocycles. The van der Waals surface area contributed by atoms with Crippen LogP contribution in [0, 0.1) is 25.7 Å². The van der Waals surface area contributed by atoms with Crippen LogP contribution in [-0.2, 0) is 9.59 Å². The second kappa shape index (κ2) is 9.30. The van der Waals surface area contributed by atoms with Crippen molar-refractivity contribution < 1.29 is 24.2 Å². The number of nitrogens with one attached hydrogen (secondary N) is 2. The molecule has 1 fully saturated rings. The fraction of sp³-hybridized carbons (Fsp3) is 0.409. The number of aryl methyl sites for hydroxylation is 1. The number of thiophene rings is 1. The molecule has 1 aromatic carbocycles. The first kappa shape index (κ1) is 21.8.